The van der Waals surface area contributed by atoms with Gasteiger partial charge in [-0.25, -0.2) is 0 Å². The molecule has 1 N–H and O–H groups in total. The molecule has 3 aromatic rings. The number of rotatable bonds is 3. The average molecular weight is 395 g/mol. The largest absolute Gasteiger partial charge is 0.334 e. The molecule has 1 atom stereocenters. The highest BCUT2D eigenvalue weighted by atomic mass is 16.5. The molecule has 0 radical (unpaired) electrons. The van der Waals surface area contributed by atoms with E-state index in [9.17, 15) is 4.79 Å². The molecule has 4 heterocycles. The zero-order valence-corrected chi connectivity index (χ0v) is 16.6. The Balaban J connectivity index is 1.45. The molecule has 0 saturated carbocycles. The van der Waals surface area contributed by atoms with E-state index in [0.717, 1.165) is 68.2 Å². The minimum atomic E-state index is -0.199. The molecule has 152 valence electrons. The lowest BCUT2D eigenvalue weighted by atomic mass is 9.95. The van der Waals surface area contributed by atoms with Crippen LogP contribution in [0, 0.1) is 0 Å². The first kappa shape index (κ1) is 18.1. The Morgan fingerprint density at radius 1 is 1.21 bits per heavy atom. The standard InChI is InChI=1S/C20H25N7O2/c1-26-12-13(11-21-26)19-22-18(25-29-19)16-9-3-2-6-10-27(16)20(28)17-14-7-4-5-8-15(14)23-24-17/h11-12,16H,2-10H2,1H3,(H,23,24)/t16-/m1/s1. The van der Waals surface area contributed by atoms with Gasteiger partial charge >= 0.3 is 0 Å². The highest BCUT2D eigenvalue weighted by molar-refractivity contribution is 5.94. The summed E-state index contributed by atoms with van der Waals surface area (Å²) >= 11 is 0. The number of aromatic amines is 1. The summed E-state index contributed by atoms with van der Waals surface area (Å²) in [4.78, 5) is 20.0. The van der Waals surface area contributed by atoms with Crippen molar-refractivity contribution in [1.29, 1.82) is 0 Å². The van der Waals surface area contributed by atoms with Gasteiger partial charge in [-0.2, -0.15) is 15.2 Å². The van der Waals surface area contributed by atoms with Gasteiger partial charge in [0, 0.05) is 31.0 Å². The summed E-state index contributed by atoms with van der Waals surface area (Å²) in [5.41, 5.74) is 3.56. The Hall–Kier alpha value is -2.97. The van der Waals surface area contributed by atoms with Crippen LogP contribution in [0.5, 0.6) is 0 Å². The quantitative estimate of drug-likeness (QED) is 0.731. The third-order valence-electron chi connectivity index (χ3n) is 5.96. The second kappa shape index (κ2) is 7.46. The van der Waals surface area contributed by atoms with E-state index in [1.165, 1.54) is 0 Å². The fourth-order valence-corrected chi connectivity index (χ4v) is 4.43. The number of fused-ring (bicyclic) bond motifs is 1. The topological polar surface area (TPSA) is 106 Å². The smallest absolute Gasteiger partial charge is 0.275 e. The van der Waals surface area contributed by atoms with Crippen LogP contribution in [0.2, 0.25) is 0 Å². The second-order valence-electron chi connectivity index (χ2n) is 7.96. The number of nitrogens with one attached hydrogen (secondary N) is 1. The molecular formula is C20H25N7O2. The van der Waals surface area contributed by atoms with E-state index >= 15 is 0 Å². The molecule has 0 aromatic carbocycles. The van der Waals surface area contributed by atoms with Gasteiger partial charge in [0.2, 0.25) is 0 Å². The molecule has 3 aromatic heterocycles. The lowest BCUT2D eigenvalue weighted by Crippen LogP contribution is -2.36. The van der Waals surface area contributed by atoms with E-state index < -0.39 is 0 Å². The molecule has 29 heavy (non-hydrogen) atoms. The molecule has 1 amide bonds. The highest BCUT2D eigenvalue weighted by Gasteiger charge is 2.34. The Kier molecular flexibility index (Phi) is 4.65. The lowest BCUT2D eigenvalue weighted by molar-refractivity contribution is 0.0663. The maximum Gasteiger partial charge on any atom is 0.275 e. The molecule has 5 rings (SSSR count). The van der Waals surface area contributed by atoms with Crippen molar-refractivity contribution in [3.63, 3.8) is 0 Å². The van der Waals surface area contributed by atoms with Gasteiger partial charge in [-0.05, 0) is 38.5 Å². The van der Waals surface area contributed by atoms with E-state index in [-0.39, 0.29) is 11.9 Å². The summed E-state index contributed by atoms with van der Waals surface area (Å²) in [5, 5.41) is 15.9. The summed E-state index contributed by atoms with van der Waals surface area (Å²) in [6.45, 7) is 0.682. The third kappa shape index (κ3) is 3.34. The maximum absolute atomic E-state index is 13.5. The first-order chi connectivity index (χ1) is 14.2. The minimum absolute atomic E-state index is 0.0240. The van der Waals surface area contributed by atoms with Crippen molar-refractivity contribution in [2.24, 2.45) is 7.05 Å². The number of carbonyl (C=O) groups excluding carboxylic acids is 1. The summed E-state index contributed by atoms with van der Waals surface area (Å²) < 4.78 is 7.19. The zero-order valence-electron chi connectivity index (χ0n) is 16.6. The SMILES string of the molecule is Cn1cc(-c2nc([C@H]3CCCCCN3C(=O)c3n[nH]c4c3CCCC4)no2)cn1. The minimum Gasteiger partial charge on any atom is -0.334 e. The summed E-state index contributed by atoms with van der Waals surface area (Å²) in [5.74, 6) is 0.967. The van der Waals surface area contributed by atoms with Crippen LogP contribution in [-0.4, -0.2) is 47.5 Å². The Morgan fingerprint density at radius 2 is 2.10 bits per heavy atom. The van der Waals surface area contributed by atoms with E-state index in [0.29, 0.717) is 24.0 Å². The number of aryl methyl sites for hydroxylation is 2. The van der Waals surface area contributed by atoms with Crippen molar-refractivity contribution in [2.75, 3.05) is 6.54 Å². The van der Waals surface area contributed by atoms with Crippen LogP contribution in [0.15, 0.2) is 16.9 Å². The van der Waals surface area contributed by atoms with E-state index in [1.807, 2.05) is 18.1 Å². The summed E-state index contributed by atoms with van der Waals surface area (Å²) in [6.07, 6.45) is 11.6. The molecule has 0 bridgehead atoms. The number of likely N-dealkylation sites (tertiary alicyclic amines) is 1. The van der Waals surface area contributed by atoms with Gasteiger partial charge < -0.3 is 9.42 Å². The predicted octanol–water partition coefficient (Wildman–Crippen LogP) is 2.83. The number of aromatic nitrogens is 6. The molecular weight excluding hydrogens is 370 g/mol. The van der Waals surface area contributed by atoms with Gasteiger partial charge in [0.05, 0.1) is 17.8 Å². The number of nitrogens with zero attached hydrogens (tertiary/aromatic N) is 6. The molecule has 9 nitrogen and oxygen atoms in total. The molecule has 2 aliphatic rings. The van der Waals surface area contributed by atoms with Gasteiger partial charge in [-0.15, -0.1) is 0 Å². The summed E-state index contributed by atoms with van der Waals surface area (Å²) in [7, 11) is 1.84. The molecule has 1 fully saturated rings. The average Bonchev–Trinajstić information content (AvgIpc) is 3.44. The van der Waals surface area contributed by atoms with Crippen molar-refractivity contribution in [3.05, 3.63) is 35.2 Å². The second-order valence-corrected chi connectivity index (χ2v) is 7.96. The number of H-pyrrole nitrogens is 1. The molecule has 0 spiro atoms. The zero-order chi connectivity index (χ0) is 19.8. The summed E-state index contributed by atoms with van der Waals surface area (Å²) in [6, 6.07) is -0.199. The number of hydrogen-bond donors (Lipinski definition) is 1. The van der Waals surface area contributed by atoms with Crippen LogP contribution < -0.4 is 0 Å². The monoisotopic (exact) mass is 395 g/mol. The molecule has 0 unspecified atom stereocenters. The van der Waals surface area contributed by atoms with Crippen molar-refractivity contribution in [3.8, 4) is 11.5 Å². The van der Waals surface area contributed by atoms with Crippen molar-refractivity contribution < 1.29 is 9.32 Å². The van der Waals surface area contributed by atoms with Crippen LogP contribution in [-0.2, 0) is 19.9 Å². The van der Waals surface area contributed by atoms with Crippen LogP contribution >= 0.6 is 0 Å². The maximum atomic E-state index is 13.5. The molecule has 1 aliphatic carbocycles. The Bertz CT molecular complexity index is 1020. The number of hydrogen-bond acceptors (Lipinski definition) is 6. The van der Waals surface area contributed by atoms with Crippen LogP contribution in [0.3, 0.4) is 0 Å². The van der Waals surface area contributed by atoms with Crippen LogP contribution in [0.1, 0.15) is 72.1 Å². The predicted molar refractivity (Wildman–Crippen MR) is 104 cm³/mol. The van der Waals surface area contributed by atoms with Crippen LogP contribution in [0.4, 0.5) is 0 Å². The first-order valence-corrected chi connectivity index (χ1v) is 10.4. The van der Waals surface area contributed by atoms with E-state index in [4.69, 9.17) is 4.52 Å². The van der Waals surface area contributed by atoms with Crippen molar-refractivity contribution in [2.45, 2.75) is 57.4 Å². The highest BCUT2D eigenvalue weighted by Crippen LogP contribution is 2.32. The Morgan fingerprint density at radius 3 is 2.97 bits per heavy atom. The van der Waals surface area contributed by atoms with Gasteiger partial charge in [0.25, 0.3) is 11.8 Å². The van der Waals surface area contributed by atoms with Crippen molar-refractivity contribution in [1.82, 2.24) is 35.0 Å². The Labute approximate surface area is 168 Å². The van der Waals surface area contributed by atoms with E-state index in [2.05, 4.69) is 25.4 Å². The third-order valence-corrected chi connectivity index (χ3v) is 5.96. The normalized spacial score (nSPS) is 19.8. The first-order valence-electron chi connectivity index (χ1n) is 10.4. The van der Waals surface area contributed by atoms with Gasteiger partial charge in [0.15, 0.2) is 11.5 Å². The molecule has 1 aliphatic heterocycles. The number of carbonyl (C=O) groups is 1. The molecule has 9 heteroatoms. The fraction of sp³-hybridized carbons (Fsp3) is 0.550. The van der Waals surface area contributed by atoms with Gasteiger partial charge in [-0.1, -0.05) is 18.0 Å². The molecule has 1 saturated heterocycles. The van der Waals surface area contributed by atoms with E-state index in [1.54, 1.807) is 10.9 Å². The number of amides is 1. The van der Waals surface area contributed by atoms with Gasteiger partial charge in [0.1, 0.15) is 0 Å². The lowest BCUT2D eigenvalue weighted by Gasteiger charge is -2.27. The fourth-order valence-electron chi connectivity index (χ4n) is 4.43. The van der Waals surface area contributed by atoms with Crippen LogP contribution in [0.25, 0.3) is 11.5 Å². The van der Waals surface area contributed by atoms with Gasteiger partial charge in [-0.3, -0.25) is 14.6 Å². The van der Waals surface area contributed by atoms with Crippen molar-refractivity contribution >= 4 is 5.91 Å².